The zero-order chi connectivity index (χ0) is 12.9. The van der Waals surface area contributed by atoms with E-state index in [2.05, 4.69) is 10.4 Å². The Morgan fingerprint density at radius 1 is 1.44 bits per heavy atom. The van der Waals surface area contributed by atoms with Gasteiger partial charge in [0, 0.05) is 23.9 Å². The van der Waals surface area contributed by atoms with E-state index in [1.165, 1.54) is 0 Å². The Morgan fingerprint density at radius 3 is 2.89 bits per heavy atom. The lowest BCUT2D eigenvalue weighted by Crippen LogP contribution is -2.03. The molecule has 2 heterocycles. The summed E-state index contributed by atoms with van der Waals surface area (Å²) in [5.74, 6) is 0.589. The maximum Gasteiger partial charge on any atom is 0.228 e. The van der Waals surface area contributed by atoms with Crippen LogP contribution in [0.15, 0.2) is 18.2 Å². The minimum Gasteiger partial charge on any atom is -0.382 e. The first kappa shape index (κ1) is 10.8. The summed E-state index contributed by atoms with van der Waals surface area (Å²) in [5.41, 5.74) is 10.7. The van der Waals surface area contributed by atoms with Crippen molar-refractivity contribution in [2.45, 2.75) is 13.3 Å². The summed E-state index contributed by atoms with van der Waals surface area (Å²) in [5, 5.41) is 7.03. The van der Waals surface area contributed by atoms with E-state index in [0.717, 1.165) is 28.1 Å². The second-order valence-corrected chi connectivity index (χ2v) is 4.58. The molecule has 0 radical (unpaired) electrons. The summed E-state index contributed by atoms with van der Waals surface area (Å²) in [6.07, 6.45) is 0.440. The molecule has 0 saturated carbocycles. The van der Waals surface area contributed by atoms with Crippen molar-refractivity contribution in [1.29, 1.82) is 0 Å². The van der Waals surface area contributed by atoms with Gasteiger partial charge in [0.15, 0.2) is 0 Å². The number of carbonyl (C=O) groups is 1. The van der Waals surface area contributed by atoms with E-state index in [-0.39, 0.29) is 5.91 Å². The van der Waals surface area contributed by atoms with Crippen molar-refractivity contribution in [3.63, 3.8) is 0 Å². The van der Waals surface area contributed by atoms with Crippen LogP contribution in [0.2, 0.25) is 0 Å². The van der Waals surface area contributed by atoms with Gasteiger partial charge in [0.1, 0.15) is 5.82 Å². The van der Waals surface area contributed by atoms with Crippen LogP contribution in [0.25, 0.3) is 11.3 Å². The van der Waals surface area contributed by atoms with Gasteiger partial charge in [-0.15, -0.1) is 0 Å². The largest absolute Gasteiger partial charge is 0.382 e. The van der Waals surface area contributed by atoms with Crippen LogP contribution in [0.3, 0.4) is 0 Å². The standard InChI is InChI=1S/C13H14N4O/c1-7-12(17(2)16-13(7)14)8-3-4-10-9(5-8)6-11(18)15-10/h3-5H,6H2,1-2H3,(H2,14,16)(H,15,18). The molecular weight excluding hydrogens is 228 g/mol. The number of benzene rings is 1. The molecule has 1 aromatic carbocycles. The summed E-state index contributed by atoms with van der Waals surface area (Å²) in [6, 6.07) is 5.93. The minimum absolute atomic E-state index is 0.0448. The first-order chi connectivity index (χ1) is 8.56. The highest BCUT2D eigenvalue weighted by atomic mass is 16.1. The molecule has 1 amide bonds. The molecule has 0 spiro atoms. The fourth-order valence-corrected chi connectivity index (χ4v) is 2.43. The Labute approximate surface area is 105 Å². The van der Waals surface area contributed by atoms with Crippen molar-refractivity contribution in [2.24, 2.45) is 7.05 Å². The molecule has 18 heavy (non-hydrogen) atoms. The van der Waals surface area contributed by atoms with E-state index >= 15 is 0 Å². The third-order valence-corrected chi connectivity index (χ3v) is 3.32. The van der Waals surface area contributed by atoms with Crippen LogP contribution in [0.4, 0.5) is 11.5 Å². The van der Waals surface area contributed by atoms with Crippen molar-refractivity contribution in [3.8, 4) is 11.3 Å². The van der Waals surface area contributed by atoms with E-state index in [1.54, 1.807) is 4.68 Å². The van der Waals surface area contributed by atoms with Crippen molar-refractivity contribution in [1.82, 2.24) is 9.78 Å². The fourth-order valence-electron chi connectivity index (χ4n) is 2.43. The molecule has 0 saturated heterocycles. The summed E-state index contributed by atoms with van der Waals surface area (Å²) < 4.78 is 1.77. The maximum absolute atomic E-state index is 11.3. The number of anilines is 2. The lowest BCUT2D eigenvalue weighted by Gasteiger charge is -2.06. The zero-order valence-corrected chi connectivity index (χ0v) is 10.3. The van der Waals surface area contributed by atoms with Gasteiger partial charge in [-0.3, -0.25) is 9.48 Å². The minimum atomic E-state index is 0.0448. The quantitative estimate of drug-likeness (QED) is 0.795. The van der Waals surface area contributed by atoms with Crippen LogP contribution in [0.5, 0.6) is 0 Å². The molecule has 92 valence electrons. The molecule has 2 aromatic rings. The third kappa shape index (κ3) is 1.48. The predicted molar refractivity (Wildman–Crippen MR) is 70.1 cm³/mol. The van der Waals surface area contributed by atoms with Gasteiger partial charge >= 0.3 is 0 Å². The van der Waals surface area contributed by atoms with Gasteiger partial charge in [0.05, 0.1) is 12.1 Å². The second kappa shape index (κ2) is 3.60. The number of hydrogen-bond donors (Lipinski definition) is 2. The summed E-state index contributed by atoms with van der Waals surface area (Å²) in [7, 11) is 1.87. The molecule has 1 aliphatic rings. The first-order valence-corrected chi connectivity index (χ1v) is 5.78. The second-order valence-electron chi connectivity index (χ2n) is 4.58. The normalized spacial score (nSPS) is 13.6. The fraction of sp³-hybridized carbons (Fsp3) is 0.231. The summed E-state index contributed by atoms with van der Waals surface area (Å²) >= 11 is 0. The smallest absolute Gasteiger partial charge is 0.228 e. The van der Waals surface area contributed by atoms with Gasteiger partial charge in [-0.25, -0.2) is 0 Å². The number of fused-ring (bicyclic) bond motifs is 1. The molecule has 5 nitrogen and oxygen atoms in total. The molecule has 0 unspecified atom stereocenters. The highest BCUT2D eigenvalue weighted by molar-refractivity contribution is 5.99. The molecule has 0 atom stereocenters. The van der Waals surface area contributed by atoms with E-state index in [0.29, 0.717) is 12.2 Å². The van der Waals surface area contributed by atoms with Crippen molar-refractivity contribution >= 4 is 17.4 Å². The van der Waals surface area contributed by atoms with Gasteiger partial charge in [0.2, 0.25) is 5.91 Å². The number of rotatable bonds is 1. The van der Waals surface area contributed by atoms with E-state index in [9.17, 15) is 4.79 Å². The van der Waals surface area contributed by atoms with Gasteiger partial charge in [-0.2, -0.15) is 5.10 Å². The highest BCUT2D eigenvalue weighted by Crippen LogP contribution is 2.31. The molecule has 3 N–H and O–H groups in total. The number of aryl methyl sites for hydroxylation is 1. The predicted octanol–water partition coefficient (Wildman–Crippen LogP) is 1.47. The molecule has 1 aliphatic heterocycles. The number of nitrogen functional groups attached to an aromatic ring is 1. The average Bonchev–Trinajstić information content (AvgIpc) is 2.78. The Bertz CT molecular complexity index is 657. The lowest BCUT2D eigenvalue weighted by molar-refractivity contribution is -0.115. The number of carbonyl (C=O) groups excluding carboxylic acids is 1. The van der Waals surface area contributed by atoms with Crippen LogP contribution in [-0.4, -0.2) is 15.7 Å². The average molecular weight is 242 g/mol. The zero-order valence-electron chi connectivity index (χ0n) is 10.3. The van der Waals surface area contributed by atoms with Gasteiger partial charge in [-0.1, -0.05) is 6.07 Å². The molecule has 0 bridgehead atoms. The van der Waals surface area contributed by atoms with E-state index < -0.39 is 0 Å². The molecule has 1 aromatic heterocycles. The Hall–Kier alpha value is -2.30. The van der Waals surface area contributed by atoms with E-state index in [4.69, 9.17) is 5.73 Å². The molecule has 5 heteroatoms. The number of aromatic nitrogens is 2. The number of hydrogen-bond acceptors (Lipinski definition) is 3. The third-order valence-electron chi connectivity index (χ3n) is 3.32. The van der Waals surface area contributed by atoms with Crippen LogP contribution in [0, 0.1) is 6.92 Å². The number of nitrogens with zero attached hydrogens (tertiary/aromatic N) is 2. The van der Waals surface area contributed by atoms with Gasteiger partial charge in [-0.05, 0) is 24.6 Å². The van der Waals surface area contributed by atoms with Gasteiger partial charge in [0.25, 0.3) is 0 Å². The lowest BCUT2D eigenvalue weighted by atomic mass is 10.0. The Kier molecular flexibility index (Phi) is 2.16. The van der Waals surface area contributed by atoms with Crippen molar-refractivity contribution in [2.75, 3.05) is 11.1 Å². The molecule has 3 rings (SSSR count). The van der Waals surface area contributed by atoms with Crippen molar-refractivity contribution < 1.29 is 4.79 Å². The number of nitrogens with two attached hydrogens (primary N) is 1. The number of amides is 1. The van der Waals surface area contributed by atoms with Crippen LogP contribution in [0.1, 0.15) is 11.1 Å². The topological polar surface area (TPSA) is 72.9 Å². The van der Waals surface area contributed by atoms with Crippen LogP contribution >= 0.6 is 0 Å². The van der Waals surface area contributed by atoms with Crippen LogP contribution < -0.4 is 11.1 Å². The summed E-state index contributed by atoms with van der Waals surface area (Å²) in [6.45, 7) is 1.95. The highest BCUT2D eigenvalue weighted by Gasteiger charge is 2.19. The molecular formula is C13H14N4O. The first-order valence-electron chi connectivity index (χ1n) is 5.78. The van der Waals surface area contributed by atoms with E-state index in [1.807, 2.05) is 32.2 Å². The van der Waals surface area contributed by atoms with Crippen molar-refractivity contribution in [3.05, 3.63) is 29.3 Å². The number of nitrogens with one attached hydrogen (secondary N) is 1. The summed E-state index contributed by atoms with van der Waals surface area (Å²) in [4.78, 5) is 11.3. The molecule has 0 fully saturated rings. The maximum atomic E-state index is 11.3. The Morgan fingerprint density at radius 2 is 2.22 bits per heavy atom. The monoisotopic (exact) mass is 242 g/mol. The SMILES string of the molecule is Cc1c(N)nn(C)c1-c1ccc2c(c1)CC(=O)N2. The molecule has 0 aliphatic carbocycles. The van der Waals surface area contributed by atoms with Gasteiger partial charge < -0.3 is 11.1 Å². The Balaban J connectivity index is 2.14. The van der Waals surface area contributed by atoms with Crippen LogP contribution in [-0.2, 0) is 18.3 Å².